The van der Waals surface area contributed by atoms with E-state index >= 15 is 0 Å². The van der Waals surface area contributed by atoms with Gasteiger partial charge in [0.05, 0.1) is 4.92 Å². The van der Waals surface area contributed by atoms with Gasteiger partial charge in [-0.05, 0) is 24.8 Å². The van der Waals surface area contributed by atoms with Crippen LogP contribution >= 0.6 is 36.2 Å². The summed E-state index contributed by atoms with van der Waals surface area (Å²) in [5.41, 5.74) is 0. The Bertz CT molecular complexity index is 451. The van der Waals surface area contributed by atoms with Crippen LogP contribution in [0.4, 0.5) is 5.00 Å². The molecule has 8 heteroatoms. The Morgan fingerprint density at radius 1 is 1.27 bits per heavy atom. The smallest absolute Gasteiger partial charge is 0.314 e. The third-order valence-electron chi connectivity index (χ3n) is 3.73. The average molecular weight is 370 g/mol. The summed E-state index contributed by atoms with van der Waals surface area (Å²) in [4.78, 5) is 14.2. The molecule has 5 nitrogen and oxygen atoms in total. The summed E-state index contributed by atoms with van der Waals surface area (Å²) < 4.78 is 0. The first-order valence-corrected chi connectivity index (χ1v) is 8.08. The van der Waals surface area contributed by atoms with Gasteiger partial charge in [-0.1, -0.05) is 25.2 Å². The van der Waals surface area contributed by atoms with Crippen molar-refractivity contribution in [2.75, 3.05) is 26.2 Å². The van der Waals surface area contributed by atoms with Gasteiger partial charge < -0.3 is 5.32 Å². The number of rotatable bonds is 6. The van der Waals surface area contributed by atoms with E-state index in [2.05, 4.69) is 24.1 Å². The molecule has 1 N–H and O–H groups in total. The van der Waals surface area contributed by atoms with Crippen molar-refractivity contribution in [1.82, 2.24) is 10.2 Å². The Morgan fingerprint density at radius 3 is 2.41 bits per heavy atom. The average Bonchev–Trinajstić information content (AvgIpc) is 2.90. The molecule has 0 amide bonds. The molecule has 2 heterocycles. The van der Waals surface area contributed by atoms with Crippen LogP contribution in [-0.4, -0.2) is 36.0 Å². The van der Waals surface area contributed by atoms with E-state index in [0.717, 1.165) is 43.9 Å². The lowest BCUT2D eigenvalue weighted by atomic mass is 10.0. The molecule has 1 aromatic rings. The topological polar surface area (TPSA) is 58.4 Å². The van der Waals surface area contributed by atoms with Crippen LogP contribution in [0.2, 0.25) is 0 Å². The molecular formula is C14H25Cl2N3O2S. The van der Waals surface area contributed by atoms with Crippen molar-refractivity contribution in [1.29, 1.82) is 0 Å². The fourth-order valence-corrected chi connectivity index (χ4v) is 3.60. The highest BCUT2D eigenvalue weighted by Crippen LogP contribution is 2.35. The van der Waals surface area contributed by atoms with Crippen molar-refractivity contribution < 1.29 is 4.92 Å². The molecule has 0 unspecified atom stereocenters. The van der Waals surface area contributed by atoms with Crippen LogP contribution in [-0.2, 0) is 0 Å². The molecule has 22 heavy (non-hydrogen) atoms. The van der Waals surface area contributed by atoms with Crippen LogP contribution in [0.15, 0.2) is 12.1 Å². The predicted octanol–water partition coefficient (Wildman–Crippen LogP) is 3.88. The summed E-state index contributed by atoms with van der Waals surface area (Å²) in [6.07, 6.45) is 2.23. The van der Waals surface area contributed by atoms with E-state index in [-0.39, 0.29) is 34.7 Å². The number of nitrogens with one attached hydrogen (secondary N) is 1. The molecule has 1 aliphatic rings. The second-order valence-corrected chi connectivity index (χ2v) is 6.80. The molecule has 0 bridgehead atoms. The zero-order valence-electron chi connectivity index (χ0n) is 13.0. The normalized spacial score (nSPS) is 16.7. The van der Waals surface area contributed by atoms with Crippen molar-refractivity contribution in [3.63, 3.8) is 0 Å². The second-order valence-electron chi connectivity index (χ2n) is 5.71. The van der Waals surface area contributed by atoms with Gasteiger partial charge in [0.1, 0.15) is 0 Å². The van der Waals surface area contributed by atoms with Gasteiger partial charge in [-0.25, -0.2) is 0 Å². The molecule has 2 rings (SSSR count). The molecule has 0 aliphatic carbocycles. The summed E-state index contributed by atoms with van der Waals surface area (Å²) in [6.45, 7) is 8.51. The van der Waals surface area contributed by atoms with Gasteiger partial charge in [0.2, 0.25) is 0 Å². The van der Waals surface area contributed by atoms with Gasteiger partial charge in [0.25, 0.3) is 0 Å². The number of hydrogen-bond donors (Lipinski definition) is 1. The molecule has 1 aliphatic heterocycles. The minimum Gasteiger partial charge on any atom is -0.314 e. The first-order valence-electron chi connectivity index (χ1n) is 7.27. The van der Waals surface area contributed by atoms with Crippen molar-refractivity contribution in [2.24, 2.45) is 5.92 Å². The van der Waals surface area contributed by atoms with E-state index in [1.807, 2.05) is 6.07 Å². The van der Waals surface area contributed by atoms with Crippen molar-refractivity contribution in [2.45, 2.75) is 32.7 Å². The van der Waals surface area contributed by atoms with Crippen molar-refractivity contribution >= 4 is 41.2 Å². The van der Waals surface area contributed by atoms with Gasteiger partial charge >= 0.3 is 5.00 Å². The van der Waals surface area contributed by atoms with Crippen LogP contribution in [0.1, 0.15) is 37.6 Å². The van der Waals surface area contributed by atoms with Gasteiger partial charge in [0, 0.05) is 43.2 Å². The summed E-state index contributed by atoms with van der Waals surface area (Å²) >= 11 is 1.33. The first kappa shape index (κ1) is 21.6. The molecule has 1 saturated heterocycles. The molecular weight excluding hydrogens is 345 g/mol. The van der Waals surface area contributed by atoms with E-state index in [9.17, 15) is 10.1 Å². The SMILES string of the molecule is CC(C)CC[C@H](c1ccc([N+](=O)[O-])s1)N1CCNCC1.Cl.Cl. The fraction of sp³-hybridized carbons (Fsp3) is 0.714. The highest BCUT2D eigenvalue weighted by molar-refractivity contribution is 7.15. The lowest BCUT2D eigenvalue weighted by Crippen LogP contribution is -2.45. The third-order valence-corrected chi connectivity index (χ3v) is 4.87. The molecule has 1 atom stereocenters. The Hall–Kier alpha value is -0.400. The predicted molar refractivity (Wildman–Crippen MR) is 96.7 cm³/mol. The molecule has 1 fully saturated rings. The Balaban J connectivity index is 0.00000220. The molecule has 0 spiro atoms. The number of halogens is 2. The summed E-state index contributed by atoms with van der Waals surface area (Å²) in [7, 11) is 0. The lowest BCUT2D eigenvalue weighted by molar-refractivity contribution is -0.380. The molecule has 0 aromatic carbocycles. The number of thiophene rings is 1. The van der Waals surface area contributed by atoms with Crippen LogP contribution in [0.5, 0.6) is 0 Å². The zero-order chi connectivity index (χ0) is 14.5. The fourth-order valence-electron chi connectivity index (χ4n) is 2.61. The summed E-state index contributed by atoms with van der Waals surface area (Å²) in [6, 6.07) is 3.92. The maximum absolute atomic E-state index is 10.9. The van der Waals surface area contributed by atoms with Gasteiger partial charge in [-0.2, -0.15) is 0 Å². The monoisotopic (exact) mass is 369 g/mol. The standard InChI is InChI=1S/C14H23N3O2S.2ClH/c1-11(2)3-4-12(16-9-7-15-8-10-16)13-5-6-14(20-13)17(18)19;;/h5-6,11-12,15H,3-4,7-10H2,1-2H3;2*1H/t12-;;/m1../s1. The van der Waals surface area contributed by atoms with Crippen molar-refractivity contribution in [3.8, 4) is 0 Å². The molecule has 0 saturated carbocycles. The van der Waals surface area contributed by atoms with Crippen LogP contribution in [0, 0.1) is 16.0 Å². The molecule has 0 radical (unpaired) electrons. The Morgan fingerprint density at radius 2 is 1.91 bits per heavy atom. The summed E-state index contributed by atoms with van der Waals surface area (Å²) in [5, 5.41) is 14.5. The van der Waals surface area contributed by atoms with Crippen LogP contribution in [0.3, 0.4) is 0 Å². The summed E-state index contributed by atoms with van der Waals surface area (Å²) in [5.74, 6) is 0.662. The number of piperazine rings is 1. The molecule has 128 valence electrons. The maximum atomic E-state index is 10.9. The third kappa shape index (κ3) is 6.01. The van der Waals surface area contributed by atoms with Gasteiger partial charge in [0.15, 0.2) is 0 Å². The Kier molecular flexibility index (Phi) is 10.2. The Labute approximate surface area is 148 Å². The first-order chi connectivity index (χ1) is 9.58. The number of hydrogen-bond acceptors (Lipinski definition) is 5. The largest absolute Gasteiger partial charge is 0.324 e. The second kappa shape index (κ2) is 10.4. The maximum Gasteiger partial charge on any atom is 0.324 e. The van der Waals surface area contributed by atoms with Crippen LogP contribution < -0.4 is 5.32 Å². The van der Waals surface area contributed by atoms with E-state index in [0.29, 0.717) is 12.0 Å². The number of nitrogens with zero attached hydrogens (tertiary/aromatic N) is 2. The van der Waals surface area contributed by atoms with E-state index in [1.165, 1.54) is 11.3 Å². The van der Waals surface area contributed by atoms with E-state index in [1.54, 1.807) is 6.07 Å². The van der Waals surface area contributed by atoms with E-state index in [4.69, 9.17) is 0 Å². The zero-order valence-corrected chi connectivity index (χ0v) is 15.4. The van der Waals surface area contributed by atoms with Gasteiger partial charge in [-0.15, -0.1) is 24.8 Å². The van der Waals surface area contributed by atoms with Crippen LogP contribution in [0.25, 0.3) is 0 Å². The lowest BCUT2D eigenvalue weighted by Gasteiger charge is -2.34. The minimum atomic E-state index is -0.286. The van der Waals surface area contributed by atoms with Gasteiger partial charge in [-0.3, -0.25) is 15.0 Å². The quantitative estimate of drug-likeness (QED) is 0.610. The highest BCUT2D eigenvalue weighted by Gasteiger charge is 2.25. The minimum absolute atomic E-state index is 0. The van der Waals surface area contributed by atoms with E-state index < -0.39 is 0 Å². The highest BCUT2D eigenvalue weighted by atomic mass is 35.5. The number of nitro groups is 1. The molecule has 1 aromatic heterocycles. The van der Waals surface area contributed by atoms with Crippen molar-refractivity contribution in [3.05, 3.63) is 27.1 Å².